The van der Waals surface area contributed by atoms with E-state index in [4.69, 9.17) is 5.73 Å². The Morgan fingerprint density at radius 2 is 2.24 bits per heavy atom. The van der Waals surface area contributed by atoms with E-state index < -0.39 is 0 Å². The SMILES string of the molecule is CC1CC(N)CN(C(=O)c2cccc(O)c2)C1. The van der Waals surface area contributed by atoms with Crippen LogP contribution in [0.25, 0.3) is 0 Å². The summed E-state index contributed by atoms with van der Waals surface area (Å²) in [4.78, 5) is 14.0. The number of piperidine rings is 1. The van der Waals surface area contributed by atoms with Crippen LogP contribution < -0.4 is 5.73 Å². The lowest BCUT2D eigenvalue weighted by molar-refractivity contribution is 0.0660. The van der Waals surface area contributed by atoms with Gasteiger partial charge in [-0.05, 0) is 30.5 Å². The van der Waals surface area contributed by atoms with Gasteiger partial charge in [-0.15, -0.1) is 0 Å². The van der Waals surface area contributed by atoms with Crippen LogP contribution in [0.5, 0.6) is 5.75 Å². The number of amides is 1. The number of hydrogen-bond acceptors (Lipinski definition) is 3. The molecule has 0 aliphatic carbocycles. The normalized spacial score (nSPS) is 24.7. The van der Waals surface area contributed by atoms with Crippen molar-refractivity contribution in [2.45, 2.75) is 19.4 Å². The Hall–Kier alpha value is -1.55. The van der Waals surface area contributed by atoms with Crippen molar-refractivity contribution in [1.82, 2.24) is 4.90 Å². The van der Waals surface area contributed by atoms with Gasteiger partial charge in [0.1, 0.15) is 5.75 Å². The topological polar surface area (TPSA) is 66.6 Å². The molecule has 1 heterocycles. The molecule has 0 saturated carbocycles. The molecule has 0 spiro atoms. The van der Waals surface area contributed by atoms with Gasteiger partial charge in [0.25, 0.3) is 5.91 Å². The number of phenolic OH excluding ortho intramolecular Hbond substituents is 1. The van der Waals surface area contributed by atoms with Crippen LogP contribution in [0, 0.1) is 5.92 Å². The standard InChI is InChI=1S/C13H18N2O2/c1-9-5-11(14)8-15(7-9)13(17)10-3-2-4-12(16)6-10/h2-4,6,9,11,16H,5,7-8,14H2,1H3. The van der Waals surface area contributed by atoms with E-state index in [1.165, 1.54) is 6.07 Å². The lowest BCUT2D eigenvalue weighted by atomic mass is 9.96. The second-order valence-electron chi connectivity index (χ2n) is 4.86. The fourth-order valence-electron chi connectivity index (χ4n) is 2.39. The zero-order valence-electron chi connectivity index (χ0n) is 9.97. The molecule has 4 heteroatoms. The van der Waals surface area contributed by atoms with Gasteiger partial charge < -0.3 is 15.7 Å². The van der Waals surface area contributed by atoms with Crippen LogP contribution in [-0.4, -0.2) is 35.0 Å². The number of nitrogens with zero attached hydrogens (tertiary/aromatic N) is 1. The Balaban J connectivity index is 2.14. The third-order valence-corrected chi connectivity index (χ3v) is 3.07. The summed E-state index contributed by atoms with van der Waals surface area (Å²) in [6.45, 7) is 3.43. The van der Waals surface area contributed by atoms with E-state index in [1.54, 1.807) is 23.1 Å². The molecule has 1 aliphatic heterocycles. The molecule has 1 aliphatic rings. The first kappa shape index (κ1) is 11.9. The third-order valence-electron chi connectivity index (χ3n) is 3.07. The molecule has 2 atom stereocenters. The quantitative estimate of drug-likeness (QED) is 0.767. The number of likely N-dealkylation sites (tertiary alicyclic amines) is 1. The first-order valence-electron chi connectivity index (χ1n) is 5.90. The van der Waals surface area contributed by atoms with Crippen LogP contribution in [0.3, 0.4) is 0 Å². The number of phenols is 1. The van der Waals surface area contributed by atoms with E-state index in [0.29, 0.717) is 18.0 Å². The van der Waals surface area contributed by atoms with Gasteiger partial charge in [-0.2, -0.15) is 0 Å². The molecule has 1 saturated heterocycles. The van der Waals surface area contributed by atoms with Crippen LogP contribution in [-0.2, 0) is 0 Å². The molecular weight excluding hydrogens is 216 g/mol. The van der Waals surface area contributed by atoms with Gasteiger partial charge in [-0.25, -0.2) is 0 Å². The number of aromatic hydroxyl groups is 1. The highest BCUT2D eigenvalue weighted by molar-refractivity contribution is 5.94. The second kappa shape index (κ2) is 4.75. The molecule has 1 fully saturated rings. The maximum Gasteiger partial charge on any atom is 0.254 e. The monoisotopic (exact) mass is 234 g/mol. The van der Waals surface area contributed by atoms with Gasteiger partial charge in [0.15, 0.2) is 0 Å². The number of benzene rings is 1. The van der Waals surface area contributed by atoms with Crippen molar-refractivity contribution in [2.24, 2.45) is 11.7 Å². The van der Waals surface area contributed by atoms with Gasteiger partial charge in [0.05, 0.1) is 0 Å². The minimum atomic E-state index is -0.0529. The molecule has 2 rings (SSSR count). The Labute approximate surface area is 101 Å². The summed E-state index contributed by atoms with van der Waals surface area (Å²) in [5.41, 5.74) is 6.44. The van der Waals surface area contributed by atoms with Gasteiger partial charge in [0.2, 0.25) is 0 Å². The van der Waals surface area contributed by atoms with E-state index in [0.717, 1.165) is 13.0 Å². The molecule has 0 aromatic heterocycles. The van der Waals surface area contributed by atoms with Crippen molar-refractivity contribution in [3.05, 3.63) is 29.8 Å². The smallest absolute Gasteiger partial charge is 0.254 e. The Morgan fingerprint density at radius 3 is 2.88 bits per heavy atom. The van der Waals surface area contributed by atoms with E-state index in [9.17, 15) is 9.90 Å². The number of carbonyl (C=O) groups excluding carboxylic acids is 1. The lowest BCUT2D eigenvalue weighted by Gasteiger charge is -2.34. The molecule has 0 bridgehead atoms. The highest BCUT2D eigenvalue weighted by Crippen LogP contribution is 2.19. The van der Waals surface area contributed by atoms with E-state index >= 15 is 0 Å². The van der Waals surface area contributed by atoms with Crippen LogP contribution in [0.2, 0.25) is 0 Å². The Kier molecular flexibility index (Phi) is 3.33. The molecule has 1 amide bonds. The largest absolute Gasteiger partial charge is 0.508 e. The van der Waals surface area contributed by atoms with Crippen LogP contribution in [0.15, 0.2) is 24.3 Å². The maximum absolute atomic E-state index is 12.2. The molecule has 92 valence electrons. The summed E-state index contributed by atoms with van der Waals surface area (Å²) in [6.07, 6.45) is 0.962. The van der Waals surface area contributed by atoms with Gasteiger partial charge in [-0.3, -0.25) is 4.79 Å². The Bertz CT molecular complexity index is 410. The van der Waals surface area contributed by atoms with Crippen molar-refractivity contribution in [2.75, 3.05) is 13.1 Å². The first-order valence-corrected chi connectivity index (χ1v) is 5.90. The molecule has 1 aromatic carbocycles. The first-order chi connectivity index (χ1) is 8.06. The van der Waals surface area contributed by atoms with Crippen molar-refractivity contribution in [3.63, 3.8) is 0 Å². The van der Waals surface area contributed by atoms with Crippen molar-refractivity contribution < 1.29 is 9.90 Å². The number of rotatable bonds is 1. The molecule has 1 aromatic rings. The van der Waals surface area contributed by atoms with Crippen LogP contribution in [0.1, 0.15) is 23.7 Å². The molecule has 0 radical (unpaired) electrons. The van der Waals surface area contributed by atoms with Crippen LogP contribution >= 0.6 is 0 Å². The summed E-state index contributed by atoms with van der Waals surface area (Å²) < 4.78 is 0. The number of nitrogens with two attached hydrogens (primary N) is 1. The molecule has 3 N–H and O–H groups in total. The van der Waals surface area contributed by atoms with E-state index in [-0.39, 0.29) is 17.7 Å². The highest BCUT2D eigenvalue weighted by Gasteiger charge is 2.26. The summed E-state index contributed by atoms with van der Waals surface area (Å²) in [5, 5.41) is 9.37. The zero-order valence-corrected chi connectivity index (χ0v) is 9.97. The fourth-order valence-corrected chi connectivity index (χ4v) is 2.39. The van der Waals surface area contributed by atoms with Crippen molar-refractivity contribution in [1.29, 1.82) is 0 Å². The summed E-state index contributed by atoms with van der Waals surface area (Å²) >= 11 is 0. The second-order valence-corrected chi connectivity index (χ2v) is 4.86. The number of hydrogen-bond donors (Lipinski definition) is 2. The predicted molar refractivity (Wildman–Crippen MR) is 65.8 cm³/mol. The fraction of sp³-hybridized carbons (Fsp3) is 0.462. The zero-order chi connectivity index (χ0) is 12.4. The predicted octanol–water partition coefficient (Wildman–Crippen LogP) is 1.20. The average Bonchev–Trinajstić information content (AvgIpc) is 2.26. The summed E-state index contributed by atoms with van der Waals surface area (Å²) in [7, 11) is 0. The van der Waals surface area contributed by atoms with E-state index in [1.807, 2.05) is 0 Å². The molecule has 2 unspecified atom stereocenters. The minimum Gasteiger partial charge on any atom is -0.508 e. The van der Waals surface area contributed by atoms with Crippen molar-refractivity contribution >= 4 is 5.91 Å². The maximum atomic E-state index is 12.2. The van der Waals surface area contributed by atoms with Gasteiger partial charge in [0, 0.05) is 24.7 Å². The van der Waals surface area contributed by atoms with Crippen molar-refractivity contribution in [3.8, 4) is 5.75 Å². The van der Waals surface area contributed by atoms with E-state index in [2.05, 4.69) is 6.92 Å². The molecular formula is C13H18N2O2. The molecule has 4 nitrogen and oxygen atoms in total. The highest BCUT2D eigenvalue weighted by atomic mass is 16.3. The average molecular weight is 234 g/mol. The number of carbonyl (C=O) groups is 1. The van der Waals surface area contributed by atoms with Gasteiger partial charge >= 0.3 is 0 Å². The van der Waals surface area contributed by atoms with Gasteiger partial charge in [-0.1, -0.05) is 13.0 Å². The minimum absolute atomic E-state index is 0.0529. The van der Waals surface area contributed by atoms with Crippen LogP contribution in [0.4, 0.5) is 0 Å². The molecule has 17 heavy (non-hydrogen) atoms. The summed E-state index contributed by atoms with van der Waals surface area (Å²) in [6, 6.07) is 6.50. The Morgan fingerprint density at radius 1 is 1.47 bits per heavy atom. The third kappa shape index (κ3) is 2.77. The lowest BCUT2D eigenvalue weighted by Crippen LogP contribution is -2.48. The summed E-state index contributed by atoms with van der Waals surface area (Å²) in [5.74, 6) is 0.494.